The van der Waals surface area contributed by atoms with Gasteiger partial charge in [0.1, 0.15) is 17.5 Å². The summed E-state index contributed by atoms with van der Waals surface area (Å²) in [5, 5.41) is 11.5. The lowest BCUT2D eigenvalue weighted by atomic mass is 10.3. The predicted octanol–water partition coefficient (Wildman–Crippen LogP) is 0.751. The van der Waals surface area contributed by atoms with Crippen LogP contribution in [0.2, 0.25) is 0 Å². The number of nitriles is 1. The van der Waals surface area contributed by atoms with Gasteiger partial charge in [0.2, 0.25) is 5.95 Å². The number of nitrogens with two attached hydrogens (primary N) is 1. The summed E-state index contributed by atoms with van der Waals surface area (Å²) in [6.07, 6.45) is 1.41. The average Bonchev–Trinajstić information content (AvgIpc) is 2.03. The van der Waals surface area contributed by atoms with Crippen molar-refractivity contribution in [1.29, 1.82) is 5.26 Å². The van der Waals surface area contributed by atoms with E-state index in [0.717, 1.165) is 0 Å². The molecule has 0 aliphatic rings. The molecule has 0 radical (unpaired) electrons. The fraction of sp³-hybridized carbons (Fsp3) is 0.375. The molecular formula is C8H11N5. The zero-order chi connectivity index (χ0) is 9.84. The number of anilines is 2. The highest BCUT2D eigenvalue weighted by Gasteiger charge is 2.03. The van der Waals surface area contributed by atoms with Crippen molar-refractivity contribution in [3.63, 3.8) is 0 Å². The Kier molecular flexibility index (Phi) is 2.65. The smallest absolute Gasteiger partial charge is 0.224 e. The third-order valence-electron chi connectivity index (χ3n) is 1.36. The summed E-state index contributed by atoms with van der Waals surface area (Å²) in [5.41, 5.74) is 5.79. The van der Waals surface area contributed by atoms with E-state index in [1.807, 2.05) is 19.9 Å². The molecule has 0 aliphatic carbocycles. The Morgan fingerprint density at radius 1 is 1.62 bits per heavy atom. The van der Waals surface area contributed by atoms with Crippen molar-refractivity contribution in [2.75, 3.05) is 11.1 Å². The van der Waals surface area contributed by atoms with Crippen LogP contribution in [0.5, 0.6) is 0 Å². The van der Waals surface area contributed by atoms with Gasteiger partial charge in [0.15, 0.2) is 0 Å². The first-order valence-electron chi connectivity index (χ1n) is 3.92. The minimum atomic E-state index is 0.209. The summed E-state index contributed by atoms with van der Waals surface area (Å²) >= 11 is 0. The van der Waals surface area contributed by atoms with Gasteiger partial charge in [-0.15, -0.1) is 0 Å². The molecule has 3 N–H and O–H groups in total. The van der Waals surface area contributed by atoms with Crippen LogP contribution in [-0.4, -0.2) is 16.0 Å². The highest BCUT2D eigenvalue weighted by molar-refractivity contribution is 5.49. The van der Waals surface area contributed by atoms with Crippen LogP contribution < -0.4 is 11.1 Å². The largest absolute Gasteiger partial charge is 0.382 e. The zero-order valence-corrected chi connectivity index (χ0v) is 7.57. The molecule has 5 nitrogen and oxygen atoms in total. The molecule has 1 heterocycles. The number of hydrogen-bond donors (Lipinski definition) is 2. The quantitative estimate of drug-likeness (QED) is 0.696. The maximum Gasteiger partial charge on any atom is 0.224 e. The fourth-order valence-corrected chi connectivity index (χ4v) is 0.809. The van der Waals surface area contributed by atoms with Crippen LogP contribution in [0.4, 0.5) is 11.8 Å². The van der Waals surface area contributed by atoms with E-state index in [2.05, 4.69) is 15.3 Å². The minimum absolute atomic E-state index is 0.209. The molecule has 0 unspecified atom stereocenters. The van der Waals surface area contributed by atoms with E-state index in [0.29, 0.717) is 11.5 Å². The second-order valence-electron chi connectivity index (χ2n) is 2.90. The Morgan fingerprint density at radius 2 is 2.31 bits per heavy atom. The van der Waals surface area contributed by atoms with E-state index in [-0.39, 0.29) is 11.9 Å². The second-order valence-corrected chi connectivity index (χ2v) is 2.90. The Hall–Kier alpha value is -1.83. The van der Waals surface area contributed by atoms with Gasteiger partial charge in [-0.2, -0.15) is 10.2 Å². The molecule has 0 atom stereocenters. The van der Waals surface area contributed by atoms with Crippen LogP contribution >= 0.6 is 0 Å². The molecule has 68 valence electrons. The summed E-state index contributed by atoms with van der Waals surface area (Å²) in [6, 6.07) is 2.14. The molecule has 0 bridgehead atoms. The number of hydrogen-bond acceptors (Lipinski definition) is 5. The van der Waals surface area contributed by atoms with E-state index >= 15 is 0 Å². The van der Waals surface area contributed by atoms with Crippen LogP contribution in [0, 0.1) is 11.3 Å². The number of aromatic nitrogens is 2. The third-order valence-corrected chi connectivity index (χ3v) is 1.36. The second kappa shape index (κ2) is 3.72. The van der Waals surface area contributed by atoms with Crippen molar-refractivity contribution < 1.29 is 0 Å². The van der Waals surface area contributed by atoms with Gasteiger partial charge < -0.3 is 11.1 Å². The average molecular weight is 177 g/mol. The predicted molar refractivity (Wildman–Crippen MR) is 49.9 cm³/mol. The summed E-state index contributed by atoms with van der Waals surface area (Å²) in [6.45, 7) is 3.94. The summed E-state index contributed by atoms with van der Waals surface area (Å²) in [5.74, 6) is 0.659. The Labute approximate surface area is 76.6 Å². The van der Waals surface area contributed by atoms with Crippen LogP contribution in [0.3, 0.4) is 0 Å². The molecule has 5 heteroatoms. The van der Waals surface area contributed by atoms with Crippen molar-refractivity contribution in [3.05, 3.63) is 11.8 Å². The Balaban J connectivity index is 2.91. The lowest BCUT2D eigenvalue weighted by Crippen LogP contribution is -2.13. The van der Waals surface area contributed by atoms with Gasteiger partial charge in [-0.1, -0.05) is 0 Å². The van der Waals surface area contributed by atoms with E-state index in [1.54, 1.807) is 0 Å². The molecular weight excluding hydrogens is 166 g/mol. The number of nitrogen functional groups attached to an aromatic ring is 1. The van der Waals surface area contributed by atoms with Crippen molar-refractivity contribution >= 4 is 11.8 Å². The highest BCUT2D eigenvalue weighted by atomic mass is 15.1. The molecule has 1 aromatic rings. The highest BCUT2D eigenvalue weighted by Crippen LogP contribution is 2.08. The topological polar surface area (TPSA) is 87.6 Å². The molecule has 0 aliphatic heterocycles. The minimum Gasteiger partial charge on any atom is -0.382 e. The van der Waals surface area contributed by atoms with Crippen molar-refractivity contribution in [2.24, 2.45) is 0 Å². The number of rotatable bonds is 2. The first-order valence-corrected chi connectivity index (χ1v) is 3.92. The summed E-state index contributed by atoms with van der Waals surface area (Å²) < 4.78 is 0. The van der Waals surface area contributed by atoms with E-state index < -0.39 is 0 Å². The third kappa shape index (κ3) is 2.30. The van der Waals surface area contributed by atoms with E-state index in [9.17, 15) is 0 Å². The van der Waals surface area contributed by atoms with Gasteiger partial charge in [-0.3, -0.25) is 0 Å². The molecule has 0 aromatic carbocycles. The van der Waals surface area contributed by atoms with Gasteiger partial charge in [-0.25, -0.2) is 4.98 Å². The summed E-state index contributed by atoms with van der Waals surface area (Å²) in [4.78, 5) is 7.84. The first-order chi connectivity index (χ1) is 6.13. The molecule has 0 fully saturated rings. The summed E-state index contributed by atoms with van der Waals surface area (Å²) in [7, 11) is 0. The molecule has 1 rings (SSSR count). The molecule has 0 saturated carbocycles. The molecule has 0 spiro atoms. The number of nitrogens with one attached hydrogen (secondary N) is 1. The van der Waals surface area contributed by atoms with Crippen LogP contribution in [0.25, 0.3) is 0 Å². The van der Waals surface area contributed by atoms with Crippen LogP contribution in [0.1, 0.15) is 19.4 Å². The lowest BCUT2D eigenvalue weighted by molar-refractivity contribution is 0.875. The SMILES string of the molecule is CC(C)Nc1ncc(C#N)c(N)n1. The van der Waals surface area contributed by atoms with Gasteiger partial charge >= 0.3 is 0 Å². The molecule has 1 aromatic heterocycles. The van der Waals surface area contributed by atoms with E-state index in [4.69, 9.17) is 11.0 Å². The number of nitrogens with zero attached hydrogens (tertiary/aromatic N) is 3. The Bertz CT molecular complexity index is 339. The molecule has 0 amide bonds. The van der Waals surface area contributed by atoms with Gasteiger partial charge in [-0.05, 0) is 13.8 Å². The van der Waals surface area contributed by atoms with Crippen molar-refractivity contribution in [1.82, 2.24) is 9.97 Å². The normalized spacial score (nSPS) is 9.69. The standard InChI is InChI=1S/C8H11N5/c1-5(2)12-8-11-4-6(3-9)7(10)13-8/h4-5H,1-2H3,(H3,10,11,12,13). The monoisotopic (exact) mass is 177 g/mol. The Morgan fingerprint density at radius 3 is 2.77 bits per heavy atom. The fourth-order valence-electron chi connectivity index (χ4n) is 0.809. The molecule has 13 heavy (non-hydrogen) atoms. The van der Waals surface area contributed by atoms with Crippen LogP contribution in [-0.2, 0) is 0 Å². The first kappa shape index (κ1) is 9.26. The maximum absolute atomic E-state index is 8.56. The maximum atomic E-state index is 8.56. The van der Waals surface area contributed by atoms with Gasteiger partial charge in [0.05, 0.1) is 6.20 Å². The van der Waals surface area contributed by atoms with Crippen molar-refractivity contribution in [3.8, 4) is 6.07 Å². The lowest BCUT2D eigenvalue weighted by Gasteiger charge is -2.07. The van der Waals surface area contributed by atoms with E-state index in [1.165, 1.54) is 6.20 Å². The van der Waals surface area contributed by atoms with Gasteiger partial charge in [0, 0.05) is 6.04 Å². The molecule has 0 saturated heterocycles. The zero-order valence-electron chi connectivity index (χ0n) is 7.57. The van der Waals surface area contributed by atoms with Gasteiger partial charge in [0.25, 0.3) is 0 Å². The van der Waals surface area contributed by atoms with Crippen molar-refractivity contribution in [2.45, 2.75) is 19.9 Å². The van der Waals surface area contributed by atoms with Crippen LogP contribution in [0.15, 0.2) is 6.20 Å².